The van der Waals surface area contributed by atoms with Gasteiger partial charge in [0.05, 0.1) is 0 Å². The molecule has 0 aromatic heterocycles. The predicted molar refractivity (Wildman–Crippen MR) is 31.8 cm³/mol. The molecule has 7 heteroatoms. The van der Waals surface area contributed by atoms with E-state index in [9.17, 15) is 9.36 Å². The standard InChI is InChI=1S/C3H8NO5P/c1-3(4-2-5)9-10(6,7)8/h2-3H,1H3,(H,4,5)(H2,6,7,8). The summed E-state index contributed by atoms with van der Waals surface area (Å²) >= 11 is 0. The van der Waals surface area contributed by atoms with Crippen LogP contribution in [0.25, 0.3) is 0 Å². The Hall–Kier alpha value is -0.420. The number of rotatable bonds is 4. The van der Waals surface area contributed by atoms with E-state index < -0.39 is 14.1 Å². The third-order valence-electron chi connectivity index (χ3n) is 0.598. The summed E-state index contributed by atoms with van der Waals surface area (Å²) < 4.78 is 14.0. The number of phosphoric acid groups is 1. The highest BCUT2D eigenvalue weighted by atomic mass is 31.2. The van der Waals surface area contributed by atoms with Gasteiger partial charge in [-0.3, -0.25) is 9.32 Å². The molecule has 60 valence electrons. The quantitative estimate of drug-likeness (QED) is 0.290. The first-order valence-electron chi connectivity index (χ1n) is 2.39. The Morgan fingerprint density at radius 2 is 2.20 bits per heavy atom. The first-order valence-corrected chi connectivity index (χ1v) is 3.92. The Kier molecular flexibility index (Phi) is 3.52. The lowest BCUT2D eigenvalue weighted by atomic mass is 10.7. The van der Waals surface area contributed by atoms with Gasteiger partial charge in [0, 0.05) is 0 Å². The minimum absolute atomic E-state index is 0.292. The van der Waals surface area contributed by atoms with Crippen LogP contribution in [0.4, 0.5) is 0 Å². The Labute approximate surface area is 57.4 Å². The average molecular weight is 169 g/mol. The molecule has 3 N–H and O–H groups in total. The second kappa shape index (κ2) is 3.68. The number of hydrogen-bond acceptors (Lipinski definition) is 3. The highest BCUT2D eigenvalue weighted by molar-refractivity contribution is 7.46. The van der Waals surface area contributed by atoms with E-state index in [1.54, 1.807) is 0 Å². The van der Waals surface area contributed by atoms with Crippen molar-refractivity contribution < 1.29 is 23.7 Å². The highest BCUT2D eigenvalue weighted by Gasteiger charge is 2.17. The lowest BCUT2D eigenvalue weighted by Gasteiger charge is -2.11. The van der Waals surface area contributed by atoms with Crippen molar-refractivity contribution in [3.05, 3.63) is 0 Å². The van der Waals surface area contributed by atoms with Gasteiger partial charge < -0.3 is 15.1 Å². The van der Waals surface area contributed by atoms with Crippen molar-refractivity contribution in [3.63, 3.8) is 0 Å². The van der Waals surface area contributed by atoms with Gasteiger partial charge in [-0.25, -0.2) is 4.57 Å². The lowest BCUT2D eigenvalue weighted by molar-refractivity contribution is -0.111. The molecule has 0 aliphatic carbocycles. The molecule has 1 unspecified atom stereocenters. The summed E-state index contributed by atoms with van der Waals surface area (Å²) in [7, 11) is -4.47. The van der Waals surface area contributed by atoms with Gasteiger partial charge in [0.1, 0.15) is 6.23 Å². The molecule has 0 heterocycles. The van der Waals surface area contributed by atoms with Crippen molar-refractivity contribution in [2.45, 2.75) is 13.2 Å². The van der Waals surface area contributed by atoms with E-state index >= 15 is 0 Å². The van der Waals surface area contributed by atoms with Crippen LogP contribution in [0.2, 0.25) is 0 Å². The molecule has 0 aliphatic heterocycles. The summed E-state index contributed by atoms with van der Waals surface area (Å²) in [6, 6.07) is 0. The zero-order chi connectivity index (χ0) is 8.20. The fraction of sp³-hybridized carbons (Fsp3) is 0.667. The molecule has 0 radical (unpaired) electrons. The molecule has 0 rings (SSSR count). The third-order valence-corrected chi connectivity index (χ3v) is 1.19. The Morgan fingerprint density at radius 3 is 2.50 bits per heavy atom. The van der Waals surface area contributed by atoms with E-state index in [1.807, 2.05) is 5.32 Å². The van der Waals surface area contributed by atoms with Crippen LogP contribution >= 0.6 is 7.82 Å². The molecule has 0 spiro atoms. The van der Waals surface area contributed by atoms with Crippen molar-refractivity contribution in [3.8, 4) is 0 Å². The first-order chi connectivity index (χ1) is 4.45. The van der Waals surface area contributed by atoms with Crippen molar-refractivity contribution in [2.75, 3.05) is 0 Å². The van der Waals surface area contributed by atoms with Gasteiger partial charge in [-0.1, -0.05) is 0 Å². The number of amides is 1. The minimum Gasteiger partial charge on any atom is -0.333 e. The average Bonchev–Trinajstić information content (AvgIpc) is 1.59. The van der Waals surface area contributed by atoms with Crippen LogP contribution in [0.1, 0.15) is 6.92 Å². The fourth-order valence-electron chi connectivity index (χ4n) is 0.332. The zero-order valence-electron chi connectivity index (χ0n) is 5.22. The van der Waals surface area contributed by atoms with Crippen LogP contribution < -0.4 is 5.32 Å². The van der Waals surface area contributed by atoms with Crippen molar-refractivity contribution in [2.24, 2.45) is 0 Å². The normalized spacial score (nSPS) is 14.3. The maximum atomic E-state index is 10.0. The van der Waals surface area contributed by atoms with E-state index in [1.165, 1.54) is 6.92 Å². The van der Waals surface area contributed by atoms with Crippen LogP contribution in [0.5, 0.6) is 0 Å². The van der Waals surface area contributed by atoms with Crippen LogP contribution in [0, 0.1) is 0 Å². The third kappa shape index (κ3) is 5.71. The summed E-state index contributed by atoms with van der Waals surface area (Å²) in [4.78, 5) is 26.0. The molecule has 6 nitrogen and oxygen atoms in total. The lowest BCUT2D eigenvalue weighted by Crippen LogP contribution is -2.25. The van der Waals surface area contributed by atoms with Gasteiger partial charge in [0.25, 0.3) is 0 Å². The summed E-state index contributed by atoms with van der Waals surface area (Å²) in [6.07, 6.45) is -0.682. The van der Waals surface area contributed by atoms with E-state index in [-0.39, 0.29) is 0 Å². The molecule has 10 heavy (non-hydrogen) atoms. The molecule has 0 aliphatic rings. The van der Waals surface area contributed by atoms with Gasteiger partial charge >= 0.3 is 7.82 Å². The molecule has 0 saturated heterocycles. The maximum absolute atomic E-state index is 10.0. The number of nitrogens with one attached hydrogen (secondary N) is 1. The molecule has 0 saturated carbocycles. The fourth-order valence-corrected chi connectivity index (χ4v) is 0.805. The van der Waals surface area contributed by atoms with Crippen LogP contribution in [0.15, 0.2) is 0 Å². The highest BCUT2D eigenvalue weighted by Crippen LogP contribution is 2.36. The molecule has 0 aromatic carbocycles. The SMILES string of the molecule is CC(NC=O)OP(=O)(O)O. The largest absolute Gasteiger partial charge is 0.471 e. The van der Waals surface area contributed by atoms with Crippen LogP contribution in [-0.4, -0.2) is 22.4 Å². The molecule has 0 fully saturated rings. The Balaban J connectivity index is 3.68. The van der Waals surface area contributed by atoms with E-state index in [2.05, 4.69) is 4.52 Å². The van der Waals surface area contributed by atoms with Gasteiger partial charge in [-0.15, -0.1) is 0 Å². The molecule has 0 aromatic rings. The topological polar surface area (TPSA) is 95.9 Å². The van der Waals surface area contributed by atoms with E-state index in [4.69, 9.17) is 9.79 Å². The second-order valence-corrected chi connectivity index (χ2v) is 2.71. The van der Waals surface area contributed by atoms with E-state index in [0.29, 0.717) is 6.41 Å². The monoisotopic (exact) mass is 169 g/mol. The van der Waals surface area contributed by atoms with Crippen LogP contribution in [-0.2, 0) is 13.9 Å². The summed E-state index contributed by atoms with van der Waals surface area (Å²) in [5.74, 6) is 0. The second-order valence-electron chi connectivity index (χ2n) is 1.52. The van der Waals surface area contributed by atoms with E-state index in [0.717, 1.165) is 0 Å². The van der Waals surface area contributed by atoms with Gasteiger partial charge in [-0.05, 0) is 6.92 Å². The predicted octanol–water partition coefficient (Wildman–Crippen LogP) is -0.812. The molecular formula is C3H8NO5P. The maximum Gasteiger partial charge on any atom is 0.471 e. The number of phosphoric ester groups is 1. The number of hydrogen-bond donors (Lipinski definition) is 3. The zero-order valence-corrected chi connectivity index (χ0v) is 6.12. The van der Waals surface area contributed by atoms with Crippen molar-refractivity contribution in [1.82, 2.24) is 5.32 Å². The summed E-state index contributed by atoms with van der Waals surface area (Å²) in [5.41, 5.74) is 0. The van der Waals surface area contributed by atoms with Gasteiger partial charge in [0.2, 0.25) is 6.41 Å². The smallest absolute Gasteiger partial charge is 0.333 e. The van der Waals surface area contributed by atoms with Crippen LogP contribution in [0.3, 0.4) is 0 Å². The molecule has 0 bridgehead atoms. The number of carbonyl (C=O) groups is 1. The Morgan fingerprint density at radius 1 is 1.70 bits per heavy atom. The minimum atomic E-state index is -4.47. The summed E-state index contributed by atoms with van der Waals surface area (Å²) in [6.45, 7) is 1.30. The molecule has 1 atom stereocenters. The molecular weight excluding hydrogens is 161 g/mol. The Bertz CT molecular complexity index is 153. The van der Waals surface area contributed by atoms with Crippen molar-refractivity contribution in [1.29, 1.82) is 0 Å². The molecule has 1 amide bonds. The van der Waals surface area contributed by atoms with Gasteiger partial charge in [-0.2, -0.15) is 0 Å². The van der Waals surface area contributed by atoms with Crippen molar-refractivity contribution >= 4 is 14.2 Å². The summed E-state index contributed by atoms with van der Waals surface area (Å²) in [5, 5.41) is 2.01. The van der Waals surface area contributed by atoms with Gasteiger partial charge in [0.15, 0.2) is 0 Å². The first kappa shape index (κ1) is 9.58. The number of carbonyl (C=O) groups excluding carboxylic acids is 1.